The lowest BCUT2D eigenvalue weighted by atomic mass is 10.0. The summed E-state index contributed by atoms with van der Waals surface area (Å²) in [5, 5.41) is 18.4. The maximum absolute atomic E-state index is 13.8. The number of carboxylic acid groups (broad SMARTS) is 1. The molecule has 2 aromatic rings. The number of methoxy groups -OCH3 is 1. The number of phenols is 1. The minimum atomic E-state index is -1.15. The molecule has 0 saturated carbocycles. The van der Waals surface area contributed by atoms with Crippen molar-refractivity contribution in [3.63, 3.8) is 0 Å². The highest BCUT2D eigenvalue weighted by Gasteiger charge is 2.12. The molecule has 4 nitrogen and oxygen atoms in total. The molecule has 5 heteroatoms. The molecule has 0 radical (unpaired) electrons. The second kappa shape index (κ2) is 4.97. The van der Waals surface area contributed by atoms with E-state index in [1.807, 2.05) is 0 Å². The van der Waals surface area contributed by atoms with Gasteiger partial charge in [-0.3, -0.25) is 0 Å². The number of ether oxygens (including phenoxy) is 1. The average molecular weight is 262 g/mol. The van der Waals surface area contributed by atoms with Crippen LogP contribution in [0.4, 0.5) is 4.39 Å². The van der Waals surface area contributed by atoms with Gasteiger partial charge in [0.1, 0.15) is 17.3 Å². The summed E-state index contributed by atoms with van der Waals surface area (Å²) in [7, 11) is 1.42. The van der Waals surface area contributed by atoms with E-state index in [0.717, 1.165) is 6.07 Å². The number of benzene rings is 2. The summed E-state index contributed by atoms with van der Waals surface area (Å²) in [4.78, 5) is 10.9. The minimum Gasteiger partial charge on any atom is -0.508 e. The van der Waals surface area contributed by atoms with E-state index in [2.05, 4.69) is 0 Å². The van der Waals surface area contributed by atoms with Crippen molar-refractivity contribution in [1.82, 2.24) is 0 Å². The van der Waals surface area contributed by atoms with Crippen LogP contribution in [-0.2, 0) is 0 Å². The van der Waals surface area contributed by atoms with Gasteiger partial charge < -0.3 is 14.9 Å². The first-order valence-electron chi connectivity index (χ1n) is 5.42. The lowest BCUT2D eigenvalue weighted by molar-refractivity contribution is 0.0697. The highest BCUT2D eigenvalue weighted by Crippen LogP contribution is 2.31. The molecule has 0 aromatic heterocycles. The maximum atomic E-state index is 13.8. The molecule has 2 aromatic carbocycles. The summed E-state index contributed by atoms with van der Waals surface area (Å²) < 4.78 is 18.7. The Morgan fingerprint density at radius 1 is 1.21 bits per heavy atom. The molecule has 0 fully saturated rings. The largest absolute Gasteiger partial charge is 0.508 e. The lowest BCUT2D eigenvalue weighted by Gasteiger charge is -2.08. The predicted molar refractivity (Wildman–Crippen MR) is 67.0 cm³/mol. The molecule has 0 spiro atoms. The molecule has 0 heterocycles. The number of carbonyl (C=O) groups is 1. The highest BCUT2D eigenvalue weighted by molar-refractivity contribution is 5.89. The average Bonchev–Trinajstić information content (AvgIpc) is 2.38. The van der Waals surface area contributed by atoms with Crippen LogP contribution in [0, 0.1) is 5.82 Å². The summed E-state index contributed by atoms with van der Waals surface area (Å²) in [5.41, 5.74) is 0.408. The Kier molecular flexibility index (Phi) is 3.37. The van der Waals surface area contributed by atoms with Gasteiger partial charge in [-0.25, -0.2) is 9.18 Å². The minimum absolute atomic E-state index is 0.0290. The summed E-state index contributed by atoms with van der Waals surface area (Å²) in [6, 6.07) is 7.71. The van der Waals surface area contributed by atoms with Crippen molar-refractivity contribution in [2.75, 3.05) is 7.11 Å². The molecule has 0 unspecified atom stereocenters. The van der Waals surface area contributed by atoms with E-state index >= 15 is 0 Å². The van der Waals surface area contributed by atoms with Gasteiger partial charge in [0.05, 0.1) is 12.7 Å². The van der Waals surface area contributed by atoms with Gasteiger partial charge in [-0.15, -0.1) is 0 Å². The molecule has 0 aliphatic carbocycles. The van der Waals surface area contributed by atoms with Crippen LogP contribution in [0.25, 0.3) is 11.1 Å². The molecule has 2 N–H and O–H groups in total. The van der Waals surface area contributed by atoms with Crippen molar-refractivity contribution >= 4 is 5.97 Å². The monoisotopic (exact) mass is 262 g/mol. The SMILES string of the molecule is COc1cc(O)cc(-c2cc(C(=O)O)ccc2F)c1. The van der Waals surface area contributed by atoms with Crippen LogP contribution >= 0.6 is 0 Å². The van der Waals surface area contributed by atoms with Gasteiger partial charge >= 0.3 is 5.97 Å². The summed E-state index contributed by atoms with van der Waals surface area (Å²) in [6.07, 6.45) is 0. The molecule has 0 bridgehead atoms. The zero-order valence-corrected chi connectivity index (χ0v) is 10.1. The Hall–Kier alpha value is -2.56. The topological polar surface area (TPSA) is 66.8 Å². The van der Waals surface area contributed by atoms with Crippen molar-refractivity contribution in [3.8, 4) is 22.6 Å². The fourth-order valence-electron chi connectivity index (χ4n) is 1.74. The number of rotatable bonds is 3. The summed E-state index contributed by atoms with van der Waals surface area (Å²) >= 11 is 0. The van der Waals surface area contributed by atoms with Crippen LogP contribution in [0.5, 0.6) is 11.5 Å². The first-order chi connectivity index (χ1) is 9.01. The predicted octanol–water partition coefficient (Wildman–Crippen LogP) is 2.91. The van der Waals surface area contributed by atoms with Gasteiger partial charge in [-0.2, -0.15) is 0 Å². The molecule has 19 heavy (non-hydrogen) atoms. The van der Waals surface area contributed by atoms with Crippen molar-refractivity contribution in [3.05, 3.63) is 47.8 Å². The number of hydrogen-bond donors (Lipinski definition) is 2. The Morgan fingerprint density at radius 2 is 1.95 bits per heavy atom. The van der Waals surface area contributed by atoms with E-state index in [4.69, 9.17) is 9.84 Å². The van der Waals surface area contributed by atoms with Gasteiger partial charge in [0.15, 0.2) is 0 Å². The van der Waals surface area contributed by atoms with Crippen LogP contribution < -0.4 is 4.74 Å². The molecular formula is C14H11FO4. The first-order valence-corrected chi connectivity index (χ1v) is 5.42. The molecule has 2 rings (SSSR count). The van der Waals surface area contributed by atoms with Gasteiger partial charge in [0.2, 0.25) is 0 Å². The normalized spacial score (nSPS) is 10.2. The third-order valence-corrected chi connectivity index (χ3v) is 2.65. The second-order valence-corrected chi connectivity index (χ2v) is 3.92. The van der Waals surface area contributed by atoms with Crippen molar-refractivity contribution < 1.29 is 24.1 Å². The smallest absolute Gasteiger partial charge is 0.335 e. The summed E-state index contributed by atoms with van der Waals surface area (Å²) in [6.45, 7) is 0. The van der Waals surface area contributed by atoms with E-state index in [9.17, 15) is 14.3 Å². The van der Waals surface area contributed by atoms with E-state index in [0.29, 0.717) is 11.3 Å². The van der Waals surface area contributed by atoms with E-state index in [-0.39, 0.29) is 16.9 Å². The molecule has 0 amide bonds. The van der Waals surface area contributed by atoms with Gasteiger partial charge in [0.25, 0.3) is 0 Å². The lowest BCUT2D eigenvalue weighted by Crippen LogP contribution is -1.97. The molecular weight excluding hydrogens is 251 g/mol. The third kappa shape index (κ3) is 2.65. The number of phenolic OH excluding ortho intramolecular Hbond substituents is 1. The zero-order valence-electron chi connectivity index (χ0n) is 10.1. The second-order valence-electron chi connectivity index (χ2n) is 3.92. The van der Waals surface area contributed by atoms with E-state index in [1.54, 1.807) is 0 Å². The first kappa shape index (κ1) is 12.9. The van der Waals surface area contributed by atoms with Gasteiger partial charge in [-0.05, 0) is 35.9 Å². The number of aromatic hydroxyl groups is 1. The molecule has 98 valence electrons. The Labute approximate surface area is 108 Å². The van der Waals surface area contributed by atoms with Gasteiger partial charge in [0, 0.05) is 11.6 Å². The van der Waals surface area contributed by atoms with Gasteiger partial charge in [-0.1, -0.05) is 0 Å². The fourth-order valence-corrected chi connectivity index (χ4v) is 1.74. The Morgan fingerprint density at radius 3 is 2.58 bits per heavy atom. The van der Waals surface area contributed by atoms with Crippen molar-refractivity contribution in [2.45, 2.75) is 0 Å². The number of halogens is 1. The number of aromatic carboxylic acids is 1. The van der Waals surface area contributed by atoms with Crippen LogP contribution in [0.1, 0.15) is 10.4 Å². The molecule has 0 saturated heterocycles. The molecule has 0 aliphatic rings. The number of carboxylic acids is 1. The standard InChI is InChI=1S/C14H11FO4/c1-19-11-5-9(4-10(16)7-11)12-6-8(14(17)18)2-3-13(12)15/h2-7,16H,1H3,(H,17,18). The third-order valence-electron chi connectivity index (χ3n) is 2.65. The van der Waals surface area contributed by atoms with Crippen LogP contribution in [-0.4, -0.2) is 23.3 Å². The van der Waals surface area contributed by atoms with Crippen molar-refractivity contribution in [2.24, 2.45) is 0 Å². The van der Waals surface area contributed by atoms with E-state index in [1.165, 1.54) is 37.4 Å². The Balaban J connectivity index is 2.60. The number of hydrogen-bond acceptors (Lipinski definition) is 3. The quantitative estimate of drug-likeness (QED) is 0.892. The fraction of sp³-hybridized carbons (Fsp3) is 0.0714. The van der Waals surface area contributed by atoms with Crippen LogP contribution in [0.3, 0.4) is 0 Å². The zero-order chi connectivity index (χ0) is 14.0. The van der Waals surface area contributed by atoms with Crippen LogP contribution in [0.15, 0.2) is 36.4 Å². The van der Waals surface area contributed by atoms with E-state index < -0.39 is 11.8 Å². The molecule has 0 aliphatic heterocycles. The maximum Gasteiger partial charge on any atom is 0.335 e. The van der Waals surface area contributed by atoms with Crippen molar-refractivity contribution in [1.29, 1.82) is 0 Å². The van der Waals surface area contributed by atoms with Crippen LogP contribution in [0.2, 0.25) is 0 Å². The molecule has 0 atom stereocenters. The summed E-state index contributed by atoms with van der Waals surface area (Å²) in [5.74, 6) is -1.45. The highest BCUT2D eigenvalue weighted by atomic mass is 19.1. The Bertz CT molecular complexity index is 637.